The zero-order chi connectivity index (χ0) is 26.7. The minimum Gasteiger partial charge on any atom is -0.504 e. The Kier molecular flexibility index (Phi) is 5.32. The third-order valence-corrected chi connectivity index (χ3v) is 8.24. The van der Waals surface area contributed by atoms with Crippen molar-refractivity contribution in [1.29, 1.82) is 0 Å². The van der Waals surface area contributed by atoms with Crippen molar-refractivity contribution >= 4 is 23.4 Å². The Morgan fingerprint density at radius 1 is 0.947 bits per heavy atom. The van der Waals surface area contributed by atoms with E-state index in [0.29, 0.717) is 20.6 Å². The highest BCUT2D eigenvalue weighted by molar-refractivity contribution is 7.07. The number of likely N-dealkylation sites (N-methyl/N-ethyl adjacent to an activating group) is 2. The van der Waals surface area contributed by atoms with Crippen molar-refractivity contribution in [2.75, 3.05) is 26.6 Å². The number of fused-ring (bicyclic) bond motifs is 2. The number of benzene rings is 3. The van der Waals surface area contributed by atoms with Crippen LogP contribution in [0.1, 0.15) is 16.7 Å². The van der Waals surface area contributed by atoms with Gasteiger partial charge >= 0.3 is 6.03 Å². The van der Waals surface area contributed by atoms with E-state index in [1.807, 2.05) is 60.7 Å². The molecule has 3 aromatic carbocycles. The smallest absolute Gasteiger partial charge is 0.324 e. The van der Waals surface area contributed by atoms with E-state index < -0.39 is 11.3 Å². The number of hydrogen-bond acceptors (Lipinski definition) is 7. The number of hydrogen-bond donors (Lipinski definition) is 2. The van der Waals surface area contributed by atoms with Gasteiger partial charge in [-0.2, -0.15) is 4.68 Å². The zero-order valence-corrected chi connectivity index (χ0v) is 21.8. The molecule has 10 heteroatoms. The molecule has 4 aromatic rings. The van der Waals surface area contributed by atoms with Crippen LogP contribution in [0.4, 0.5) is 4.79 Å². The van der Waals surface area contributed by atoms with Gasteiger partial charge in [0, 0.05) is 25.2 Å². The van der Waals surface area contributed by atoms with Gasteiger partial charge in [-0.3, -0.25) is 20.0 Å². The highest BCUT2D eigenvalue weighted by atomic mass is 32.1. The normalized spacial score (nSPS) is 22.5. The summed E-state index contributed by atoms with van der Waals surface area (Å²) in [5, 5.41) is 9.96. The fraction of sp³-hybridized carbons (Fsp3) is 0.179. The summed E-state index contributed by atoms with van der Waals surface area (Å²) in [4.78, 5) is 36.2. The molecule has 1 aromatic heterocycles. The van der Waals surface area contributed by atoms with Gasteiger partial charge in [-0.25, -0.2) is 9.79 Å². The van der Waals surface area contributed by atoms with E-state index in [9.17, 15) is 14.7 Å². The molecule has 2 aliphatic rings. The Balaban J connectivity index is 1.67. The summed E-state index contributed by atoms with van der Waals surface area (Å²) in [6, 6.07) is 23.9. The van der Waals surface area contributed by atoms with Gasteiger partial charge in [0.05, 0.1) is 11.6 Å². The van der Waals surface area contributed by atoms with Crippen LogP contribution in [0.25, 0.3) is 6.08 Å². The summed E-state index contributed by atoms with van der Waals surface area (Å²) in [6.07, 6.45) is 1.73. The van der Waals surface area contributed by atoms with Crippen molar-refractivity contribution in [1.82, 2.24) is 14.5 Å². The molecule has 1 fully saturated rings. The van der Waals surface area contributed by atoms with E-state index in [4.69, 9.17) is 9.73 Å². The first-order valence-corrected chi connectivity index (χ1v) is 12.8. The highest BCUT2D eigenvalue weighted by Gasteiger charge is 2.69. The summed E-state index contributed by atoms with van der Waals surface area (Å²) in [6.45, 7) is 0. The molecule has 2 amide bonds. The second-order valence-corrected chi connectivity index (χ2v) is 10.2. The standard InChI is InChI=1S/C28H25N5O4S/c1-31-26(36)32(2)28(20-12-8-5-9-13-20)27(31,19-10-6-4-7-11-19)29-25-33(30-28)24(35)23(38-25)17-18-14-15-21(34)22(16-18)37-3/h4-17,30,34H,1-3H3/b23-17-/t27-,28+/m1/s1. The number of methoxy groups -OCH3 is 1. The van der Waals surface area contributed by atoms with Crippen molar-refractivity contribution in [2.24, 2.45) is 4.99 Å². The van der Waals surface area contributed by atoms with Gasteiger partial charge in [0.2, 0.25) is 16.1 Å². The van der Waals surface area contributed by atoms with Crippen molar-refractivity contribution in [3.8, 4) is 11.5 Å². The second kappa shape index (κ2) is 8.49. The fourth-order valence-corrected chi connectivity index (χ4v) is 6.42. The largest absolute Gasteiger partial charge is 0.504 e. The number of thiazole rings is 1. The maximum absolute atomic E-state index is 13.7. The predicted octanol–water partition coefficient (Wildman–Crippen LogP) is 2.33. The van der Waals surface area contributed by atoms with Gasteiger partial charge in [-0.1, -0.05) is 78.1 Å². The summed E-state index contributed by atoms with van der Waals surface area (Å²) in [5.41, 5.74) is 2.99. The van der Waals surface area contributed by atoms with Crippen molar-refractivity contribution in [3.63, 3.8) is 0 Å². The average molecular weight is 528 g/mol. The van der Waals surface area contributed by atoms with Crippen molar-refractivity contribution in [2.45, 2.75) is 11.3 Å². The van der Waals surface area contributed by atoms with Crippen LogP contribution < -0.4 is 25.1 Å². The Morgan fingerprint density at radius 3 is 2.26 bits per heavy atom. The lowest BCUT2D eigenvalue weighted by Crippen LogP contribution is -2.67. The van der Waals surface area contributed by atoms with Crippen LogP contribution in [0.3, 0.4) is 0 Å². The van der Waals surface area contributed by atoms with Crippen LogP contribution in [0, 0.1) is 0 Å². The Hall–Kier alpha value is -4.57. The molecular formula is C28H25N5O4S. The van der Waals surface area contributed by atoms with Crippen molar-refractivity contribution in [3.05, 3.63) is 115 Å². The number of aromatic nitrogens is 1. The topological polar surface area (TPSA) is 99.4 Å². The molecule has 2 N–H and O–H groups in total. The maximum Gasteiger partial charge on any atom is 0.324 e. The first kappa shape index (κ1) is 23.8. The van der Waals surface area contributed by atoms with Gasteiger partial charge in [0.25, 0.3) is 5.56 Å². The van der Waals surface area contributed by atoms with Crippen LogP contribution in [-0.4, -0.2) is 46.8 Å². The molecule has 3 heterocycles. The molecule has 0 saturated carbocycles. The second-order valence-electron chi connectivity index (χ2n) is 9.20. The fourth-order valence-electron chi connectivity index (χ4n) is 5.45. The molecule has 0 spiro atoms. The van der Waals surface area contributed by atoms with Crippen LogP contribution in [-0.2, 0) is 11.3 Å². The van der Waals surface area contributed by atoms with Gasteiger partial charge < -0.3 is 9.84 Å². The van der Waals surface area contributed by atoms with Gasteiger partial charge in [-0.15, -0.1) is 0 Å². The SMILES string of the molecule is COc1cc(/C=c2\sc3n(c2=O)N[C@@]2(c4ccccc4)N(C)C(=O)N(C)[C@@]2(c2ccccc2)N=3)ccc1O. The zero-order valence-electron chi connectivity index (χ0n) is 21.0. The summed E-state index contributed by atoms with van der Waals surface area (Å²) >= 11 is 1.22. The lowest BCUT2D eigenvalue weighted by atomic mass is 9.80. The monoisotopic (exact) mass is 527 g/mol. The van der Waals surface area contributed by atoms with E-state index in [0.717, 1.165) is 11.1 Å². The van der Waals surface area contributed by atoms with Crippen LogP contribution in [0.5, 0.6) is 11.5 Å². The number of phenols is 1. The van der Waals surface area contributed by atoms with E-state index in [-0.39, 0.29) is 17.3 Å². The van der Waals surface area contributed by atoms with E-state index in [1.165, 1.54) is 29.2 Å². The molecule has 0 radical (unpaired) electrons. The molecule has 38 heavy (non-hydrogen) atoms. The number of ether oxygens (including phenoxy) is 1. The number of nitrogens with one attached hydrogen (secondary N) is 1. The molecule has 2 atom stereocenters. The van der Waals surface area contributed by atoms with Crippen LogP contribution in [0.15, 0.2) is 88.6 Å². The van der Waals surface area contributed by atoms with E-state index in [2.05, 4.69) is 5.43 Å². The number of nitrogens with zero attached hydrogens (tertiary/aromatic N) is 4. The lowest BCUT2D eigenvalue weighted by molar-refractivity contribution is 0.0648. The number of aromatic hydroxyl groups is 1. The molecule has 0 unspecified atom stereocenters. The van der Waals surface area contributed by atoms with E-state index in [1.54, 1.807) is 42.1 Å². The Morgan fingerprint density at radius 2 is 1.61 bits per heavy atom. The molecule has 0 bridgehead atoms. The molecule has 2 aliphatic heterocycles. The number of carbonyl (C=O) groups is 1. The predicted molar refractivity (Wildman–Crippen MR) is 144 cm³/mol. The van der Waals surface area contributed by atoms with Gasteiger partial charge in [0.15, 0.2) is 11.5 Å². The lowest BCUT2D eigenvalue weighted by Gasteiger charge is -2.49. The molecule has 1 saturated heterocycles. The average Bonchev–Trinajstić information content (AvgIpc) is 3.33. The maximum atomic E-state index is 13.7. The first-order chi connectivity index (χ1) is 18.3. The summed E-state index contributed by atoms with van der Waals surface area (Å²) < 4.78 is 7.08. The van der Waals surface area contributed by atoms with Crippen LogP contribution >= 0.6 is 11.3 Å². The van der Waals surface area contributed by atoms with E-state index >= 15 is 0 Å². The minimum atomic E-state index is -1.22. The molecule has 192 valence electrons. The van der Waals surface area contributed by atoms with Crippen molar-refractivity contribution < 1.29 is 14.6 Å². The van der Waals surface area contributed by atoms with Crippen LogP contribution in [0.2, 0.25) is 0 Å². The summed E-state index contributed by atoms with van der Waals surface area (Å²) in [7, 11) is 4.93. The Bertz CT molecular complexity index is 1740. The highest BCUT2D eigenvalue weighted by Crippen LogP contribution is 2.53. The molecule has 6 rings (SSSR count). The molecule has 9 nitrogen and oxygen atoms in total. The quantitative estimate of drug-likeness (QED) is 0.425. The Labute approximate surface area is 222 Å². The van der Waals surface area contributed by atoms with Gasteiger partial charge in [-0.05, 0) is 23.8 Å². The number of phenolic OH excluding ortho intramolecular Hbond substituents is 1. The number of rotatable bonds is 4. The molecular weight excluding hydrogens is 502 g/mol. The third kappa shape index (κ3) is 3.07. The number of carbonyl (C=O) groups excluding carboxylic acids is 1. The third-order valence-electron chi connectivity index (χ3n) is 7.27. The first-order valence-electron chi connectivity index (χ1n) is 11.9. The summed E-state index contributed by atoms with van der Waals surface area (Å²) in [5.74, 6) is 0.326. The minimum absolute atomic E-state index is 0.0154. The number of amides is 2. The molecule has 0 aliphatic carbocycles. The number of urea groups is 1. The van der Waals surface area contributed by atoms with Gasteiger partial charge in [0.1, 0.15) is 0 Å².